The van der Waals surface area contributed by atoms with E-state index >= 15 is 0 Å². The maximum atomic E-state index is 12.2. The van der Waals surface area contributed by atoms with Crippen molar-refractivity contribution in [2.24, 2.45) is 5.92 Å². The number of nitrogens with one attached hydrogen (secondary N) is 1. The summed E-state index contributed by atoms with van der Waals surface area (Å²) < 4.78 is 5.49. The number of nitrogens with zero attached hydrogens (tertiary/aromatic N) is 4. The van der Waals surface area contributed by atoms with E-state index in [2.05, 4.69) is 15.3 Å². The highest BCUT2D eigenvalue weighted by Gasteiger charge is 2.32. The fourth-order valence-electron chi connectivity index (χ4n) is 4.21. The summed E-state index contributed by atoms with van der Waals surface area (Å²) in [5.74, 6) is 1.50. The van der Waals surface area contributed by atoms with Crippen molar-refractivity contribution in [1.82, 2.24) is 15.0 Å². The Morgan fingerprint density at radius 1 is 1.34 bits per heavy atom. The second-order valence-electron chi connectivity index (χ2n) is 8.35. The number of amides is 1. The molecule has 8 heteroatoms. The van der Waals surface area contributed by atoms with E-state index in [1.54, 1.807) is 33.4 Å². The Kier molecular flexibility index (Phi) is 5.23. The number of fused-ring (bicyclic) bond motifs is 1. The zero-order chi connectivity index (χ0) is 20.6. The summed E-state index contributed by atoms with van der Waals surface area (Å²) in [6, 6.07) is 3.69. The van der Waals surface area contributed by atoms with Gasteiger partial charge in [-0.2, -0.15) is 0 Å². The number of anilines is 2. The number of carbonyl (C=O) groups is 1. The van der Waals surface area contributed by atoms with Crippen molar-refractivity contribution in [3.63, 3.8) is 0 Å². The molecule has 0 bridgehead atoms. The lowest BCUT2D eigenvalue weighted by Gasteiger charge is -2.31. The minimum atomic E-state index is -1.11. The van der Waals surface area contributed by atoms with Crippen LogP contribution >= 0.6 is 0 Å². The van der Waals surface area contributed by atoms with E-state index in [1.165, 1.54) is 0 Å². The minimum absolute atomic E-state index is 0.0839. The Morgan fingerprint density at radius 3 is 2.90 bits per heavy atom. The van der Waals surface area contributed by atoms with Crippen LogP contribution < -0.4 is 10.2 Å². The summed E-state index contributed by atoms with van der Waals surface area (Å²) in [5.41, 5.74) is 0.782. The molecule has 0 unspecified atom stereocenters. The van der Waals surface area contributed by atoms with E-state index in [0.717, 1.165) is 31.4 Å². The average molecular weight is 397 g/mol. The molecule has 1 fully saturated rings. The number of hydrogen-bond donors (Lipinski definition) is 2. The molecule has 2 aliphatic rings. The number of methoxy groups -OCH3 is 1. The van der Waals surface area contributed by atoms with Crippen LogP contribution in [0.25, 0.3) is 11.3 Å². The molecule has 2 aromatic rings. The predicted molar refractivity (Wildman–Crippen MR) is 109 cm³/mol. The SMILES string of the molecule is CO[C@H]1CC[C@H](CN2CC(=O)Nc3ncc(-c4cccnc4C(C)(C)O)nc32)C1. The van der Waals surface area contributed by atoms with Gasteiger partial charge in [-0.1, -0.05) is 0 Å². The molecule has 2 N–H and O–H groups in total. The molecule has 3 heterocycles. The highest BCUT2D eigenvalue weighted by atomic mass is 16.5. The highest BCUT2D eigenvalue weighted by Crippen LogP contribution is 2.35. The lowest BCUT2D eigenvalue weighted by atomic mass is 9.97. The van der Waals surface area contributed by atoms with Gasteiger partial charge < -0.3 is 20.1 Å². The normalized spacial score (nSPS) is 21.8. The molecule has 0 radical (unpaired) electrons. The number of aliphatic hydroxyl groups is 1. The number of hydrogen-bond acceptors (Lipinski definition) is 7. The number of carbonyl (C=O) groups excluding carboxylic acids is 1. The summed E-state index contributed by atoms with van der Waals surface area (Å²) in [5, 5.41) is 13.3. The Morgan fingerprint density at radius 2 is 2.17 bits per heavy atom. The van der Waals surface area contributed by atoms with E-state index < -0.39 is 5.60 Å². The van der Waals surface area contributed by atoms with E-state index in [1.807, 2.05) is 17.0 Å². The molecule has 0 saturated heterocycles. The standard InChI is InChI=1S/C21H27N5O3/c1-21(2,28)18-15(5-4-8-22-18)16-10-23-19-20(24-16)26(12-17(27)25-19)11-13-6-7-14(9-13)29-3/h4-5,8,10,13-14,28H,6-7,9,11-12H2,1-3H3,(H,23,25,27)/t13-,14-/m0/s1. The Hall–Kier alpha value is -2.58. The molecule has 2 atom stereocenters. The van der Waals surface area contributed by atoms with Gasteiger partial charge in [-0.3, -0.25) is 9.78 Å². The first-order valence-corrected chi connectivity index (χ1v) is 9.98. The minimum Gasteiger partial charge on any atom is -0.384 e. The van der Waals surface area contributed by atoms with Gasteiger partial charge >= 0.3 is 0 Å². The van der Waals surface area contributed by atoms with E-state index in [4.69, 9.17) is 9.72 Å². The van der Waals surface area contributed by atoms with Crippen LogP contribution in [0.3, 0.4) is 0 Å². The largest absolute Gasteiger partial charge is 0.384 e. The maximum Gasteiger partial charge on any atom is 0.245 e. The van der Waals surface area contributed by atoms with Gasteiger partial charge in [-0.15, -0.1) is 0 Å². The van der Waals surface area contributed by atoms with Crippen molar-refractivity contribution in [2.45, 2.75) is 44.8 Å². The Bertz CT molecular complexity index is 911. The molecular weight excluding hydrogens is 370 g/mol. The van der Waals surface area contributed by atoms with Gasteiger partial charge in [0.25, 0.3) is 0 Å². The molecule has 1 aliphatic heterocycles. The fraction of sp³-hybridized carbons (Fsp3) is 0.524. The first kappa shape index (κ1) is 19.7. The number of aromatic nitrogens is 3. The summed E-state index contributed by atoms with van der Waals surface area (Å²) in [6.07, 6.45) is 6.67. The Labute approximate surface area is 170 Å². The van der Waals surface area contributed by atoms with Gasteiger partial charge in [0, 0.05) is 25.4 Å². The number of pyridine rings is 1. The molecular formula is C21H27N5O3. The molecule has 4 rings (SSSR count). The van der Waals surface area contributed by atoms with Crippen molar-refractivity contribution in [3.8, 4) is 11.3 Å². The molecule has 154 valence electrons. The highest BCUT2D eigenvalue weighted by molar-refractivity contribution is 5.99. The molecule has 1 amide bonds. The molecule has 0 spiro atoms. The maximum absolute atomic E-state index is 12.2. The first-order valence-electron chi connectivity index (χ1n) is 9.98. The zero-order valence-electron chi connectivity index (χ0n) is 17.1. The van der Waals surface area contributed by atoms with Gasteiger partial charge in [-0.25, -0.2) is 9.97 Å². The van der Waals surface area contributed by atoms with Crippen molar-refractivity contribution in [2.75, 3.05) is 30.4 Å². The van der Waals surface area contributed by atoms with Crippen molar-refractivity contribution >= 4 is 17.5 Å². The average Bonchev–Trinajstić information content (AvgIpc) is 3.14. The Balaban J connectivity index is 1.67. The van der Waals surface area contributed by atoms with Crippen molar-refractivity contribution in [3.05, 3.63) is 30.2 Å². The molecule has 1 saturated carbocycles. The van der Waals surface area contributed by atoms with Gasteiger partial charge in [-0.05, 0) is 51.2 Å². The van der Waals surface area contributed by atoms with Crippen LogP contribution in [0.15, 0.2) is 24.5 Å². The van der Waals surface area contributed by atoms with Gasteiger partial charge in [0.15, 0.2) is 11.6 Å². The van der Waals surface area contributed by atoms with Crippen LogP contribution in [0.4, 0.5) is 11.6 Å². The van der Waals surface area contributed by atoms with E-state index in [-0.39, 0.29) is 12.5 Å². The van der Waals surface area contributed by atoms with Crippen LogP contribution in [0, 0.1) is 5.92 Å². The van der Waals surface area contributed by atoms with Gasteiger partial charge in [0.2, 0.25) is 5.91 Å². The summed E-state index contributed by atoms with van der Waals surface area (Å²) in [6.45, 7) is 4.39. The molecule has 1 aliphatic carbocycles. The van der Waals surface area contributed by atoms with Crippen LogP contribution in [0.5, 0.6) is 0 Å². The fourth-order valence-corrected chi connectivity index (χ4v) is 4.21. The monoisotopic (exact) mass is 397 g/mol. The summed E-state index contributed by atoms with van der Waals surface area (Å²) >= 11 is 0. The second-order valence-corrected chi connectivity index (χ2v) is 8.35. The van der Waals surface area contributed by atoms with Crippen molar-refractivity contribution < 1.29 is 14.6 Å². The van der Waals surface area contributed by atoms with Crippen LogP contribution in [-0.2, 0) is 15.1 Å². The number of rotatable bonds is 5. The lowest BCUT2D eigenvalue weighted by Crippen LogP contribution is -2.41. The molecule has 2 aromatic heterocycles. The van der Waals surface area contributed by atoms with Crippen LogP contribution in [-0.4, -0.2) is 52.3 Å². The first-order chi connectivity index (χ1) is 13.8. The molecule has 0 aromatic carbocycles. The lowest BCUT2D eigenvalue weighted by molar-refractivity contribution is -0.115. The molecule has 8 nitrogen and oxygen atoms in total. The third-order valence-corrected chi connectivity index (χ3v) is 5.61. The van der Waals surface area contributed by atoms with Gasteiger partial charge in [0.05, 0.1) is 30.2 Å². The van der Waals surface area contributed by atoms with Crippen LogP contribution in [0.2, 0.25) is 0 Å². The van der Waals surface area contributed by atoms with E-state index in [0.29, 0.717) is 35.0 Å². The number of ether oxygens (including phenoxy) is 1. The van der Waals surface area contributed by atoms with Gasteiger partial charge in [0.1, 0.15) is 5.60 Å². The summed E-state index contributed by atoms with van der Waals surface area (Å²) in [4.78, 5) is 27.8. The van der Waals surface area contributed by atoms with Crippen LogP contribution in [0.1, 0.15) is 38.8 Å². The predicted octanol–water partition coefficient (Wildman–Crippen LogP) is 2.34. The quantitative estimate of drug-likeness (QED) is 0.799. The molecule has 29 heavy (non-hydrogen) atoms. The smallest absolute Gasteiger partial charge is 0.245 e. The van der Waals surface area contributed by atoms with Crippen molar-refractivity contribution in [1.29, 1.82) is 0 Å². The summed E-state index contributed by atoms with van der Waals surface area (Å²) in [7, 11) is 1.75. The third-order valence-electron chi connectivity index (χ3n) is 5.61. The van der Waals surface area contributed by atoms with E-state index in [9.17, 15) is 9.90 Å². The zero-order valence-corrected chi connectivity index (χ0v) is 17.1. The third kappa shape index (κ3) is 4.09. The topological polar surface area (TPSA) is 100 Å². The second kappa shape index (κ2) is 7.68.